The molecule has 2 aliphatic heterocycles. The SMILES string of the molecule is O=C1C=CC(=O)N1CCC1(c2ccccc2)OC1(c1ccccc1)c1ccccc1. The molecule has 148 valence electrons. The average Bonchev–Trinajstić information content (AvgIpc) is 3.40. The summed E-state index contributed by atoms with van der Waals surface area (Å²) < 4.78 is 6.71. The van der Waals surface area contributed by atoms with Gasteiger partial charge >= 0.3 is 0 Å². The third-order valence-electron chi connectivity index (χ3n) is 6.04. The van der Waals surface area contributed by atoms with Gasteiger partial charge in [-0.15, -0.1) is 0 Å². The van der Waals surface area contributed by atoms with Crippen molar-refractivity contribution < 1.29 is 14.3 Å². The topological polar surface area (TPSA) is 49.9 Å². The molecule has 0 spiro atoms. The maximum Gasteiger partial charge on any atom is 0.253 e. The molecule has 0 radical (unpaired) electrons. The quantitative estimate of drug-likeness (QED) is 0.465. The van der Waals surface area contributed by atoms with Crippen LogP contribution in [0.15, 0.2) is 103 Å². The molecule has 0 aromatic heterocycles. The summed E-state index contributed by atoms with van der Waals surface area (Å²) >= 11 is 0. The molecule has 4 nitrogen and oxygen atoms in total. The van der Waals surface area contributed by atoms with Gasteiger partial charge in [0.05, 0.1) is 0 Å². The summed E-state index contributed by atoms with van der Waals surface area (Å²) in [4.78, 5) is 25.6. The molecule has 1 unspecified atom stereocenters. The molecular formula is C26H21NO3. The fraction of sp³-hybridized carbons (Fsp3) is 0.154. The number of nitrogens with zero attached hydrogens (tertiary/aromatic N) is 1. The summed E-state index contributed by atoms with van der Waals surface area (Å²) in [5.74, 6) is -0.539. The van der Waals surface area contributed by atoms with E-state index in [1.807, 2.05) is 54.6 Å². The second-order valence-corrected chi connectivity index (χ2v) is 7.62. The third-order valence-corrected chi connectivity index (χ3v) is 6.04. The van der Waals surface area contributed by atoms with Crippen molar-refractivity contribution in [3.8, 4) is 0 Å². The van der Waals surface area contributed by atoms with E-state index in [0.29, 0.717) is 13.0 Å². The summed E-state index contributed by atoms with van der Waals surface area (Å²) in [6.45, 7) is 0.293. The molecule has 4 heteroatoms. The second kappa shape index (κ2) is 7.08. The van der Waals surface area contributed by atoms with Crippen LogP contribution in [0.3, 0.4) is 0 Å². The highest BCUT2D eigenvalue weighted by Gasteiger charge is 2.72. The van der Waals surface area contributed by atoms with Gasteiger partial charge in [0.15, 0.2) is 5.60 Å². The Labute approximate surface area is 175 Å². The number of carbonyl (C=O) groups excluding carboxylic acids is 2. The maximum absolute atomic E-state index is 12.1. The molecule has 1 saturated heterocycles. The van der Waals surface area contributed by atoms with Crippen molar-refractivity contribution in [1.82, 2.24) is 4.90 Å². The van der Waals surface area contributed by atoms with E-state index in [2.05, 4.69) is 36.4 Å². The lowest BCUT2D eigenvalue weighted by molar-refractivity contribution is -0.137. The molecule has 3 aromatic carbocycles. The first-order valence-electron chi connectivity index (χ1n) is 10.1. The summed E-state index contributed by atoms with van der Waals surface area (Å²) in [5.41, 5.74) is 1.77. The van der Waals surface area contributed by atoms with Crippen LogP contribution in [0.2, 0.25) is 0 Å². The zero-order chi connectivity index (χ0) is 20.6. The van der Waals surface area contributed by atoms with Crippen molar-refractivity contribution >= 4 is 11.8 Å². The molecule has 0 saturated carbocycles. The summed E-state index contributed by atoms with van der Waals surface area (Å²) in [6, 6.07) is 30.4. The minimum Gasteiger partial charge on any atom is -0.347 e. The van der Waals surface area contributed by atoms with E-state index in [0.717, 1.165) is 16.7 Å². The number of imide groups is 1. The van der Waals surface area contributed by atoms with Crippen LogP contribution in [-0.2, 0) is 25.5 Å². The summed E-state index contributed by atoms with van der Waals surface area (Å²) in [5, 5.41) is 0. The summed E-state index contributed by atoms with van der Waals surface area (Å²) in [6.07, 6.45) is 3.15. The maximum atomic E-state index is 12.1. The van der Waals surface area contributed by atoms with E-state index in [9.17, 15) is 9.59 Å². The van der Waals surface area contributed by atoms with Crippen molar-refractivity contribution in [1.29, 1.82) is 0 Å². The van der Waals surface area contributed by atoms with Crippen LogP contribution >= 0.6 is 0 Å². The zero-order valence-electron chi connectivity index (χ0n) is 16.4. The molecule has 2 aliphatic rings. The van der Waals surface area contributed by atoms with Gasteiger partial charge in [-0.2, -0.15) is 0 Å². The van der Waals surface area contributed by atoms with Gasteiger partial charge < -0.3 is 4.74 Å². The normalized spacial score (nSPS) is 21.8. The number of ether oxygens (including phenoxy) is 1. The highest BCUT2D eigenvalue weighted by atomic mass is 16.6. The van der Waals surface area contributed by atoms with Crippen LogP contribution < -0.4 is 0 Å². The van der Waals surface area contributed by atoms with Crippen LogP contribution in [0.1, 0.15) is 23.1 Å². The van der Waals surface area contributed by atoms with Gasteiger partial charge in [0.1, 0.15) is 5.60 Å². The predicted molar refractivity (Wildman–Crippen MR) is 113 cm³/mol. The van der Waals surface area contributed by atoms with E-state index in [1.54, 1.807) is 0 Å². The first kappa shape index (κ1) is 18.5. The fourth-order valence-electron chi connectivity index (χ4n) is 4.59. The van der Waals surface area contributed by atoms with Crippen molar-refractivity contribution in [2.24, 2.45) is 0 Å². The number of rotatable bonds is 6. The molecule has 1 fully saturated rings. The number of carbonyl (C=O) groups is 2. The second-order valence-electron chi connectivity index (χ2n) is 7.62. The van der Waals surface area contributed by atoms with E-state index >= 15 is 0 Å². The largest absolute Gasteiger partial charge is 0.347 e. The van der Waals surface area contributed by atoms with Gasteiger partial charge in [0.25, 0.3) is 11.8 Å². The molecule has 5 rings (SSSR count). The monoisotopic (exact) mass is 395 g/mol. The third kappa shape index (κ3) is 2.72. The van der Waals surface area contributed by atoms with Gasteiger partial charge in [-0.1, -0.05) is 91.0 Å². The van der Waals surface area contributed by atoms with Crippen molar-refractivity contribution in [3.05, 3.63) is 120 Å². The molecular weight excluding hydrogens is 374 g/mol. The van der Waals surface area contributed by atoms with Crippen molar-refractivity contribution in [2.45, 2.75) is 17.6 Å². The van der Waals surface area contributed by atoms with Gasteiger partial charge in [-0.25, -0.2) is 0 Å². The van der Waals surface area contributed by atoms with Gasteiger partial charge in [-0.05, 0) is 16.7 Å². The van der Waals surface area contributed by atoms with Crippen LogP contribution in [-0.4, -0.2) is 23.3 Å². The Morgan fingerprint density at radius 3 is 1.53 bits per heavy atom. The number of benzene rings is 3. The lowest BCUT2D eigenvalue weighted by atomic mass is 9.75. The van der Waals surface area contributed by atoms with Crippen LogP contribution in [0.4, 0.5) is 0 Å². The molecule has 3 aromatic rings. The Balaban J connectivity index is 1.62. The minimum absolute atomic E-state index is 0.270. The molecule has 2 amide bonds. The van der Waals surface area contributed by atoms with Crippen LogP contribution in [0, 0.1) is 0 Å². The Hall–Kier alpha value is -3.50. The van der Waals surface area contributed by atoms with Crippen LogP contribution in [0.25, 0.3) is 0 Å². The molecule has 0 bridgehead atoms. The molecule has 0 N–H and O–H groups in total. The number of epoxide rings is 1. The number of hydrogen-bond acceptors (Lipinski definition) is 3. The molecule has 1 atom stereocenters. The standard InChI is InChI=1S/C26H21NO3/c28-23-16-17-24(29)27(23)19-18-25(20-10-4-1-5-11-20)26(30-25,21-12-6-2-7-13-21)22-14-8-3-9-15-22/h1-17H,18-19H2. The highest BCUT2D eigenvalue weighted by Crippen LogP contribution is 2.67. The smallest absolute Gasteiger partial charge is 0.253 e. The van der Waals surface area contributed by atoms with Gasteiger partial charge in [0, 0.05) is 25.1 Å². The zero-order valence-corrected chi connectivity index (χ0v) is 16.4. The van der Waals surface area contributed by atoms with Crippen molar-refractivity contribution in [2.75, 3.05) is 6.54 Å². The van der Waals surface area contributed by atoms with Crippen LogP contribution in [0.5, 0.6) is 0 Å². The predicted octanol–water partition coefficient (Wildman–Crippen LogP) is 4.17. The lowest BCUT2D eigenvalue weighted by Gasteiger charge is -2.24. The Morgan fingerprint density at radius 2 is 1.07 bits per heavy atom. The first-order valence-corrected chi connectivity index (χ1v) is 10.1. The van der Waals surface area contributed by atoms with Gasteiger partial charge in [-0.3, -0.25) is 14.5 Å². The van der Waals surface area contributed by atoms with Gasteiger partial charge in [0.2, 0.25) is 0 Å². The molecule has 0 aliphatic carbocycles. The minimum atomic E-state index is -0.684. The number of hydrogen-bond donors (Lipinski definition) is 0. The van der Waals surface area contributed by atoms with E-state index in [-0.39, 0.29) is 11.8 Å². The fourth-order valence-corrected chi connectivity index (χ4v) is 4.59. The molecule has 30 heavy (non-hydrogen) atoms. The first-order chi connectivity index (χ1) is 14.7. The average molecular weight is 395 g/mol. The van der Waals surface area contributed by atoms with Crippen molar-refractivity contribution in [3.63, 3.8) is 0 Å². The highest BCUT2D eigenvalue weighted by molar-refractivity contribution is 6.12. The number of amides is 2. The van der Waals surface area contributed by atoms with E-state index in [1.165, 1.54) is 17.1 Å². The Bertz CT molecular complexity index is 1050. The molecule has 2 heterocycles. The Morgan fingerprint density at radius 1 is 0.633 bits per heavy atom. The van der Waals surface area contributed by atoms with E-state index < -0.39 is 11.2 Å². The van der Waals surface area contributed by atoms with E-state index in [4.69, 9.17) is 4.74 Å². The lowest BCUT2D eigenvalue weighted by Crippen LogP contribution is -2.35. The Kier molecular flexibility index (Phi) is 4.37. The summed E-state index contributed by atoms with van der Waals surface area (Å²) in [7, 11) is 0.